The zero-order chi connectivity index (χ0) is 22.6. The van der Waals surface area contributed by atoms with Gasteiger partial charge in [-0.3, -0.25) is 0 Å². The number of aromatic nitrogens is 2. The van der Waals surface area contributed by atoms with Crippen molar-refractivity contribution < 1.29 is 22.4 Å². The maximum Gasteiger partial charge on any atom is 0.266 e. The predicted molar refractivity (Wildman–Crippen MR) is 121 cm³/mol. The van der Waals surface area contributed by atoms with Crippen LogP contribution in [-0.2, 0) is 14.6 Å². The summed E-state index contributed by atoms with van der Waals surface area (Å²) >= 11 is 0. The first-order valence-electron chi connectivity index (χ1n) is 11.5. The van der Waals surface area contributed by atoms with Gasteiger partial charge in [0.05, 0.1) is 11.5 Å². The highest BCUT2D eigenvalue weighted by atomic mass is 32.2. The van der Waals surface area contributed by atoms with Crippen molar-refractivity contribution in [3.05, 3.63) is 30.2 Å². The lowest BCUT2D eigenvalue weighted by atomic mass is 9.84. The number of anilines is 1. The number of rotatable bonds is 8. The van der Waals surface area contributed by atoms with Crippen molar-refractivity contribution in [2.45, 2.75) is 49.8 Å². The fourth-order valence-electron chi connectivity index (χ4n) is 4.52. The second-order valence-corrected chi connectivity index (χ2v) is 11.0. The van der Waals surface area contributed by atoms with E-state index in [2.05, 4.69) is 22.0 Å². The molecule has 0 radical (unpaired) electrons. The van der Waals surface area contributed by atoms with E-state index in [-0.39, 0.29) is 0 Å². The summed E-state index contributed by atoms with van der Waals surface area (Å²) in [6.45, 7) is 6.32. The third-order valence-corrected chi connectivity index (χ3v) is 7.85. The van der Waals surface area contributed by atoms with Gasteiger partial charge in [0.1, 0.15) is 5.75 Å². The number of ether oxygens (including phenoxy) is 2. The van der Waals surface area contributed by atoms with Crippen LogP contribution < -0.4 is 9.64 Å². The Hall–Kier alpha value is -2.13. The Balaban J connectivity index is 1.20. The van der Waals surface area contributed by atoms with Crippen LogP contribution in [0.3, 0.4) is 0 Å². The van der Waals surface area contributed by atoms with Gasteiger partial charge in [-0.15, -0.1) is 0 Å². The van der Waals surface area contributed by atoms with Crippen molar-refractivity contribution in [3.8, 4) is 5.75 Å². The number of sulfone groups is 1. The molecule has 0 unspecified atom stereocenters. The lowest BCUT2D eigenvalue weighted by Crippen LogP contribution is -2.36. The van der Waals surface area contributed by atoms with Crippen molar-refractivity contribution >= 4 is 15.8 Å². The van der Waals surface area contributed by atoms with Crippen LogP contribution >= 0.6 is 0 Å². The van der Waals surface area contributed by atoms with Crippen molar-refractivity contribution in [3.63, 3.8) is 0 Å². The first-order chi connectivity index (χ1) is 15.4. The molecule has 2 aliphatic rings. The van der Waals surface area contributed by atoms with E-state index in [9.17, 15) is 8.42 Å². The molecule has 32 heavy (non-hydrogen) atoms. The van der Waals surface area contributed by atoms with Crippen molar-refractivity contribution in [2.24, 2.45) is 11.8 Å². The molecule has 1 aromatic carbocycles. The van der Waals surface area contributed by atoms with Gasteiger partial charge >= 0.3 is 0 Å². The molecule has 0 amide bonds. The summed E-state index contributed by atoms with van der Waals surface area (Å²) in [7, 11) is -3.18. The van der Waals surface area contributed by atoms with Crippen molar-refractivity contribution in [2.75, 3.05) is 44.1 Å². The third kappa shape index (κ3) is 5.81. The highest BCUT2D eigenvalue weighted by Gasteiger charge is 2.28. The van der Waals surface area contributed by atoms with E-state index in [4.69, 9.17) is 14.0 Å². The van der Waals surface area contributed by atoms with Gasteiger partial charge in [-0.05, 0) is 73.4 Å². The summed E-state index contributed by atoms with van der Waals surface area (Å²) in [4.78, 5) is 7.21. The highest BCUT2D eigenvalue weighted by Crippen LogP contribution is 2.31. The molecule has 1 aromatic heterocycles. The van der Waals surface area contributed by atoms with E-state index in [1.165, 1.54) is 6.26 Å². The fourth-order valence-corrected chi connectivity index (χ4v) is 5.15. The van der Waals surface area contributed by atoms with Gasteiger partial charge in [-0.25, -0.2) is 8.42 Å². The van der Waals surface area contributed by atoms with Gasteiger partial charge in [0.2, 0.25) is 5.89 Å². The smallest absolute Gasteiger partial charge is 0.266 e. The molecule has 4 rings (SSSR count). The topological polar surface area (TPSA) is 94.8 Å². The normalized spacial score (nSPS) is 19.8. The van der Waals surface area contributed by atoms with Gasteiger partial charge in [-0.1, -0.05) is 6.92 Å². The van der Waals surface area contributed by atoms with Crippen molar-refractivity contribution in [1.29, 1.82) is 0 Å². The molecule has 2 saturated heterocycles. The van der Waals surface area contributed by atoms with Crippen LogP contribution in [-0.4, -0.2) is 57.7 Å². The SMILES string of the molecule is C[C@H](CCOc1ccc(S(C)(=O)=O)cc1)C1CCN(c2noc(C3CCOCC3)n2)CC1. The number of hydrogen-bond donors (Lipinski definition) is 0. The standard InChI is InChI=1S/C23H33N3O5S/c1-17(9-16-30-20-3-5-21(6-4-20)32(2,27)28)18-7-12-26(13-8-18)23-24-22(31-25-23)19-10-14-29-15-11-19/h3-6,17-19H,7-16H2,1-2H3/t17-/m1/s1. The summed E-state index contributed by atoms with van der Waals surface area (Å²) in [6.07, 6.45) is 6.28. The second-order valence-electron chi connectivity index (χ2n) is 9.00. The maximum atomic E-state index is 11.5. The minimum absolute atomic E-state index is 0.312. The second kappa shape index (κ2) is 10.2. The largest absolute Gasteiger partial charge is 0.494 e. The fraction of sp³-hybridized carbons (Fsp3) is 0.652. The molecule has 176 valence electrons. The molecular weight excluding hydrogens is 430 g/mol. The van der Waals surface area contributed by atoms with Gasteiger partial charge < -0.3 is 18.9 Å². The summed E-state index contributed by atoms with van der Waals surface area (Å²) < 4.78 is 39.9. The maximum absolute atomic E-state index is 11.5. The molecule has 3 heterocycles. The van der Waals surface area contributed by atoms with Crippen LogP contribution in [0.2, 0.25) is 0 Å². The van der Waals surface area contributed by atoms with Crippen LogP contribution in [0.4, 0.5) is 5.95 Å². The monoisotopic (exact) mass is 463 g/mol. The van der Waals surface area contributed by atoms with E-state index < -0.39 is 9.84 Å². The van der Waals surface area contributed by atoms with E-state index >= 15 is 0 Å². The van der Waals surface area contributed by atoms with Gasteiger partial charge in [-0.2, -0.15) is 4.98 Å². The highest BCUT2D eigenvalue weighted by molar-refractivity contribution is 7.90. The Labute approximate surface area is 190 Å². The van der Waals surface area contributed by atoms with Gasteiger partial charge in [0.25, 0.3) is 5.95 Å². The van der Waals surface area contributed by atoms with E-state index in [1.807, 2.05) is 0 Å². The Morgan fingerprint density at radius 1 is 1.12 bits per heavy atom. The Kier molecular flexibility index (Phi) is 7.35. The average molecular weight is 464 g/mol. The molecule has 0 bridgehead atoms. The molecule has 2 aromatic rings. The van der Waals surface area contributed by atoms with E-state index in [1.54, 1.807) is 24.3 Å². The lowest BCUT2D eigenvalue weighted by molar-refractivity contribution is 0.0778. The Morgan fingerprint density at radius 3 is 2.47 bits per heavy atom. The number of piperidine rings is 1. The summed E-state index contributed by atoms with van der Waals surface area (Å²) in [5.41, 5.74) is 0. The molecule has 8 nitrogen and oxygen atoms in total. The summed E-state index contributed by atoms with van der Waals surface area (Å²) in [5.74, 6) is 3.70. The van der Waals surface area contributed by atoms with Crippen molar-refractivity contribution in [1.82, 2.24) is 10.1 Å². The number of hydrogen-bond acceptors (Lipinski definition) is 8. The number of nitrogens with zero attached hydrogens (tertiary/aromatic N) is 3. The summed E-state index contributed by atoms with van der Waals surface area (Å²) in [5, 5.41) is 4.23. The first kappa shape index (κ1) is 23.0. The minimum atomic E-state index is -3.18. The molecule has 0 N–H and O–H groups in total. The molecule has 2 aliphatic heterocycles. The van der Waals surface area contributed by atoms with E-state index in [0.717, 1.165) is 70.2 Å². The molecule has 0 spiro atoms. The molecule has 0 aliphatic carbocycles. The predicted octanol–water partition coefficient (Wildman–Crippen LogP) is 3.69. The lowest BCUT2D eigenvalue weighted by Gasteiger charge is -2.34. The molecule has 9 heteroatoms. The van der Waals surface area contributed by atoms with Crippen LogP contribution in [0.5, 0.6) is 5.75 Å². The Morgan fingerprint density at radius 2 is 1.81 bits per heavy atom. The number of benzene rings is 1. The molecule has 2 fully saturated rings. The van der Waals surface area contributed by atoms with Crippen LogP contribution in [0, 0.1) is 11.8 Å². The average Bonchev–Trinajstić information content (AvgIpc) is 3.30. The Bertz CT molecular complexity index is 962. The van der Waals surface area contributed by atoms with Crippen LogP contribution in [0.1, 0.15) is 50.8 Å². The zero-order valence-corrected chi connectivity index (χ0v) is 19.7. The third-order valence-electron chi connectivity index (χ3n) is 6.72. The molecular formula is C23H33N3O5S. The zero-order valence-electron chi connectivity index (χ0n) is 18.9. The molecule has 1 atom stereocenters. The summed E-state index contributed by atoms with van der Waals surface area (Å²) in [6, 6.07) is 6.63. The quantitative estimate of drug-likeness (QED) is 0.585. The van der Waals surface area contributed by atoms with Gasteiger partial charge in [0, 0.05) is 38.5 Å². The van der Waals surface area contributed by atoms with Crippen LogP contribution in [0.15, 0.2) is 33.7 Å². The van der Waals surface area contributed by atoms with E-state index in [0.29, 0.717) is 35.0 Å². The minimum Gasteiger partial charge on any atom is -0.494 e. The van der Waals surface area contributed by atoms with Crippen LogP contribution in [0.25, 0.3) is 0 Å². The first-order valence-corrected chi connectivity index (χ1v) is 13.4. The van der Waals surface area contributed by atoms with Gasteiger partial charge in [0.15, 0.2) is 9.84 Å². The molecule has 0 saturated carbocycles.